The van der Waals surface area contributed by atoms with Crippen molar-refractivity contribution in [3.63, 3.8) is 0 Å². The topological polar surface area (TPSA) is 87.9 Å². The highest BCUT2D eigenvalue weighted by Crippen LogP contribution is 2.25. The highest BCUT2D eigenvalue weighted by Gasteiger charge is 2.14. The number of nitrogens with one attached hydrogen (secondary N) is 2. The molecule has 0 saturated carbocycles. The summed E-state index contributed by atoms with van der Waals surface area (Å²) in [5, 5.41) is 20.4. The van der Waals surface area contributed by atoms with Crippen molar-refractivity contribution in [3.8, 4) is 0 Å². The minimum Gasteiger partial charge on any atom is -0.394 e. The third-order valence-corrected chi connectivity index (χ3v) is 3.67. The van der Waals surface area contributed by atoms with E-state index in [0.29, 0.717) is 22.6 Å². The molecule has 0 saturated heterocycles. The summed E-state index contributed by atoms with van der Waals surface area (Å²) in [4.78, 5) is 8.51. The average molecular weight is 345 g/mol. The minimum absolute atomic E-state index is 0.0899. The molecule has 0 aliphatic heterocycles. The van der Waals surface area contributed by atoms with Crippen LogP contribution in [0.2, 0.25) is 5.02 Å². The lowest BCUT2D eigenvalue weighted by Crippen LogP contribution is -2.16. The van der Waals surface area contributed by atoms with Gasteiger partial charge in [0.05, 0.1) is 18.8 Å². The van der Waals surface area contributed by atoms with Gasteiger partial charge in [-0.3, -0.25) is 4.68 Å². The van der Waals surface area contributed by atoms with Crippen LogP contribution < -0.4 is 10.6 Å². The predicted molar refractivity (Wildman–Crippen MR) is 93.4 cm³/mol. The Labute approximate surface area is 144 Å². The predicted octanol–water partition coefficient (Wildman–Crippen LogP) is 2.75. The molecule has 1 unspecified atom stereocenters. The van der Waals surface area contributed by atoms with E-state index in [9.17, 15) is 5.11 Å². The van der Waals surface area contributed by atoms with Crippen LogP contribution in [0.4, 0.5) is 17.6 Å². The normalized spacial score (nSPS) is 12.0. The summed E-state index contributed by atoms with van der Waals surface area (Å²) in [7, 11) is 1.83. The second-order valence-electron chi connectivity index (χ2n) is 5.18. The molecule has 0 aliphatic rings. The van der Waals surface area contributed by atoms with Crippen LogP contribution in [-0.2, 0) is 7.05 Å². The van der Waals surface area contributed by atoms with Gasteiger partial charge in [-0.05, 0) is 5.56 Å². The van der Waals surface area contributed by atoms with E-state index in [1.165, 1.54) is 6.20 Å². The fourth-order valence-corrected chi connectivity index (χ4v) is 2.36. The van der Waals surface area contributed by atoms with Gasteiger partial charge in [-0.25, -0.2) is 4.98 Å². The first-order chi connectivity index (χ1) is 11.7. The molecule has 24 heavy (non-hydrogen) atoms. The molecule has 124 valence electrons. The van der Waals surface area contributed by atoms with Crippen LogP contribution in [0.1, 0.15) is 11.6 Å². The summed E-state index contributed by atoms with van der Waals surface area (Å²) >= 11 is 6.18. The molecule has 0 radical (unpaired) electrons. The Morgan fingerprint density at radius 1 is 1.25 bits per heavy atom. The number of benzene rings is 1. The number of nitrogens with zero attached hydrogens (tertiary/aromatic N) is 4. The number of hydrogen-bond acceptors (Lipinski definition) is 6. The first kappa shape index (κ1) is 16.2. The molecule has 8 heteroatoms. The second-order valence-corrected chi connectivity index (χ2v) is 5.59. The number of hydrogen-bond donors (Lipinski definition) is 3. The van der Waals surface area contributed by atoms with Crippen LogP contribution in [0.3, 0.4) is 0 Å². The molecular formula is C16H17ClN6O. The first-order valence-corrected chi connectivity index (χ1v) is 7.75. The number of anilines is 3. The van der Waals surface area contributed by atoms with E-state index in [0.717, 1.165) is 5.56 Å². The highest BCUT2D eigenvalue weighted by molar-refractivity contribution is 6.32. The molecule has 0 fully saturated rings. The molecule has 2 aromatic heterocycles. The molecule has 1 aromatic carbocycles. The molecule has 3 rings (SSSR count). The van der Waals surface area contributed by atoms with Gasteiger partial charge >= 0.3 is 0 Å². The Balaban J connectivity index is 1.80. The van der Waals surface area contributed by atoms with Crippen molar-refractivity contribution in [1.29, 1.82) is 0 Å². The van der Waals surface area contributed by atoms with Gasteiger partial charge in [0.2, 0.25) is 5.95 Å². The maximum absolute atomic E-state index is 9.66. The smallest absolute Gasteiger partial charge is 0.230 e. The summed E-state index contributed by atoms with van der Waals surface area (Å²) in [6.07, 6.45) is 3.32. The zero-order chi connectivity index (χ0) is 16.9. The Morgan fingerprint density at radius 2 is 2.04 bits per heavy atom. The van der Waals surface area contributed by atoms with E-state index in [-0.39, 0.29) is 12.6 Å². The maximum atomic E-state index is 9.66. The second kappa shape index (κ2) is 7.29. The van der Waals surface area contributed by atoms with Gasteiger partial charge in [0.1, 0.15) is 5.02 Å². The van der Waals surface area contributed by atoms with E-state index < -0.39 is 0 Å². The highest BCUT2D eigenvalue weighted by atomic mass is 35.5. The Bertz CT molecular complexity index is 807. The lowest BCUT2D eigenvalue weighted by molar-refractivity contribution is 0.276. The van der Waals surface area contributed by atoms with E-state index in [2.05, 4.69) is 25.7 Å². The number of aliphatic hydroxyl groups excluding tert-OH is 1. The number of aryl methyl sites for hydroxylation is 1. The molecule has 7 nitrogen and oxygen atoms in total. The molecule has 1 atom stereocenters. The first-order valence-electron chi connectivity index (χ1n) is 7.37. The van der Waals surface area contributed by atoms with Crippen molar-refractivity contribution in [2.24, 2.45) is 7.05 Å². The lowest BCUT2D eigenvalue weighted by atomic mass is 10.1. The Hall–Kier alpha value is -2.64. The lowest BCUT2D eigenvalue weighted by Gasteiger charge is -2.18. The number of rotatable bonds is 6. The Kier molecular flexibility index (Phi) is 4.93. The number of aliphatic hydroxyl groups is 1. The Morgan fingerprint density at radius 3 is 2.71 bits per heavy atom. The van der Waals surface area contributed by atoms with Crippen LogP contribution in [0.5, 0.6) is 0 Å². The monoisotopic (exact) mass is 344 g/mol. The molecule has 3 aromatic rings. The molecule has 0 aliphatic carbocycles. The van der Waals surface area contributed by atoms with Gasteiger partial charge < -0.3 is 15.7 Å². The fourth-order valence-electron chi connectivity index (χ4n) is 2.21. The van der Waals surface area contributed by atoms with Crippen molar-refractivity contribution in [3.05, 3.63) is 59.4 Å². The third-order valence-electron chi connectivity index (χ3n) is 3.39. The van der Waals surface area contributed by atoms with Crippen molar-refractivity contribution >= 4 is 29.2 Å². The summed E-state index contributed by atoms with van der Waals surface area (Å²) in [5.74, 6) is 1.44. The molecular weight excluding hydrogens is 328 g/mol. The molecule has 0 bridgehead atoms. The largest absolute Gasteiger partial charge is 0.394 e. The zero-order valence-corrected chi connectivity index (χ0v) is 13.8. The van der Waals surface area contributed by atoms with Gasteiger partial charge in [0, 0.05) is 19.3 Å². The van der Waals surface area contributed by atoms with Gasteiger partial charge in [-0.15, -0.1) is 0 Å². The van der Waals surface area contributed by atoms with Gasteiger partial charge in [0.15, 0.2) is 11.6 Å². The summed E-state index contributed by atoms with van der Waals surface area (Å²) in [6.45, 7) is -0.0899. The van der Waals surface area contributed by atoms with Gasteiger partial charge in [-0.1, -0.05) is 41.9 Å². The summed E-state index contributed by atoms with van der Waals surface area (Å²) in [5.41, 5.74) is 0.939. The molecule has 3 N–H and O–H groups in total. The van der Waals surface area contributed by atoms with Crippen molar-refractivity contribution in [2.75, 3.05) is 17.2 Å². The van der Waals surface area contributed by atoms with Crippen LogP contribution in [-0.4, -0.2) is 31.5 Å². The number of halogens is 1. The minimum atomic E-state index is -0.318. The summed E-state index contributed by atoms with van der Waals surface area (Å²) < 4.78 is 1.68. The molecule has 2 heterocycles. The SMILES string of the molecule is Cn1ccc(Nc2ncc(Cl)c(NC(CO)c3ccccc3)n2)n1. The van der Waals surface area contributed by atoms with Crippen LogP contribution >= 0.6 is 11.6 Å². The van der Waals surface area contributed by atoms with Gasteiger partial charge in [0.25, 0.3) is 0 Å². The van der Waals surface area contributed by atoms with E-state index in [1.807, 2.05) is 49.6 Å². The van der Waals surface area contributed by atoms with Crippen molar-refractivity contribution < 1.29 is 5.11 Å². The number of aromatic nitrogens is 4. The molecule has 0 amide bonds. The molecule has 0 spiro atoms. The van der Waals surface area contributed by atoms with Crippen molar-refractivity contribution in [2.45, 2.75) is 6.04 Å². The van der Waals surface area contributed by atoms with Crippen LogP contribution in [0.15, 0.2) is 48.8 Å². The maximum Gasteiger partial charge on any atom is 0.230 e. The van der Waals surface area contributed by atoms with Gasteiger partial charge in [-0.2, -0.15) is 10.1 Å². The van der Waals surface area contributed by atoms with E-state index in [1.54, 1.807) is 4.68 Å². The average Bonchev–Trinajstić information content (AvgIpc) is 3.01. The standard InChI is InChI=1S/C16H17ClN6O/c1-23-8-7-14(22-23)20-16-18-9-12(17)15(21-16)19-13(10-24)11-5-3-2-4-6-11/h2-9,13,24H,10H2,1H3,(H2,18,19,20,21,22). The van der Waals surface area contributed by atoms with Crippen molar-refractivity contribution in [1.82, 2.24) is 19.7 Å². The third kappa shape index (κ3) is 3.81. The fraction of sp³-hybridized carbons (Fsp3) is 0.188. The van der Waals surface area contributed by atoms with E-state index in [4.69, 9.17) is 11.6 Å². The zero-order valence-electron chi connectivity index (χ0n) is 13.0. The summed E-state index contributed by atoms with van der Waals surface area (Å²) in [6, 6.07) is 11.1. The quantitative estimate of drug-likeness (QED) is 0.637. The van der Waals surface area contributed by atoms with Crippen LogP contribution in [0, 0.1) is 0 Å². The van der Waals surface area contributed by atoms with E-state index >= 15 is 0 Å². The van der Waals surface area contributed by atoms with Crippen LogP contribution in [0.25, 0.3) is 0 Å².